The van der Waals surface area contributed by atoms with E-state index < -0.39 is 5.97 Å². The van der Waals surface area contributed by atoms with Crippen LogP contribution in [0.15, 0.2) is 95.4 Å². The van der Waals surface area contributed by atoms with Gasteiger partial charge in [-0.15, -0.1) is 0 Å². The van der Waals surface area contributed by atoms with E-state index in [9.17, 15) is 4.79 Å². The van der Waals surface area contributed by atoms with Crippen molar-refractivity contribution in [1.29, 1.82) is 0 Å². The van der Waals surface area contributed by atoms with Crippen molar-refractivity contribution < 1.29 is 26.9 Å². The number of carboxylic acids is 1. The third-order valence-corrected chi connectivity index (χ3v) is 10.8. The van der Waals surface area contributed by atoms with E-state index in [1.54, 1.807) is 0 Å². The van der Waals surface area contributed by atoms with Crippen LogP contribution in [0.2, 0.25) is 0 Å². The summed E-state index contributed by atoms with van der Waals surface area (Å²) < 4.78 is 2.54. The highest BCUT2D eigenvalue weighted by molar-refractivity contribution is 6.03. The predicted octanol–water partition coefficient (Wildman–Crippen LogP) is 7.50. The van der Waals surface area contributed by atoms with Crippen LogP contribution in [0.4, 0.5) is 11.4 Å². The smallest absolute Gasteiger partial charge is 0.303 e. The zero-order valence-corrected chi connectivity index (χ0v) is 32.2. The Bertz CT molecular complexity index is 1660. The summed E-state index contributed by atoms with van der Waals surface area (Å²) >= 11 is 0. The SMILES string of the molecule is CCCN1/C(=C\C=C2/CCCC(/C=C/C3=[N+](CCC)c4ccccc4C3(C)C)=C2NCCCCCCCC(=O)O)C(C)(C)c2ccccc21.[Cl-]. The number of aliphatic carboxylic acids is 1. The van der Waals surface area contributed by atoms with E-state index in [2.05, 4.69) is 129 Å². The fraction of sp³-hybridized carbons (Fsp3) is 0.500. The number of nitrogens with zero attached hydrogens (tertiary/aromatic N) is 2. The molecule has 0 amide bonds. The topological polar surface area (TPSA) is 55.6 Å². The molecule has 0 aromatic heterocycles. The second kappa shape index (κ2) is 17.6. The number of carbonyl (C=O) groups is 1. The van der Waals surface area contributed by atoms with Crippen LogP contribution in [0.1, 0.15) is 123 Å². The first kappa shape index (κ1) is 39.2. The van der Waals surface area contributed by atoms with Gasteiger partial charge >= 0.3 is 5.97 Å². The number of benzene rings is 2. The van der Waals surface area contributed by atoms with Gasteiger partial charge in [0.1, 0.15) is 6.54 Å². The van der Waals surface area contributed by atoms with Crippen molar-refractivity contribution in [2.24, 2.45) is 0 Å². The summed E-state index contributed by atoms with van der Waals surface area (Å²) in [6, 6.07) is 17.8. The molecule has 6 heteroatoms. The molecule has 0 saturated carbocycles. The minimum Gasteiger partial charge on any atom is -1.00 e. The highest BCUT2D eigenvalue weighted by Gasteiger charge is 2.44. The van der Waals surface area contributed by atoms with E-state index in [1.807, 2.05) is 0 Å². The summed E-state index contributed by atoms with van der Waals surface area (Å²) in [5, 5.41) is 12.9. The number of para-hydroxylation sites is 2. The Morgan fingerprint density at radius 3 is 2.30 bits per heavy atom. The van der Waals surface area contributed by atoms with Crippen LogP contribution < -0.4 is 22.6 Å². The number of allylic oxidation sites excluding steroid dienone is 7. The van der Waals surface area contributed by atoms with Crippen molar-refractivity contribution in [3.8, 4) is 0 Å². The van der Waals surface area contributed by atoms with Crippen molar-refractivity contribution in [2.75, 3.05) is 24.5 Å². The zero-order chi connectivity index (χ0) is 35.0. The van der Waals surface area contributed by atoms with Gasteiger partial charge < -0.3 is 27.7 Å². The van der Waals surface area contributed by atoms with Crippen LogP contribution in [-0.4, -0.2) is 41.0 Å². The molecule has 5 rings (SSSR count). The minimum absolute atomic E-state index is 0. The number of anilines is 1. The molecule has 2 heterocycles. The van der Waals surface area contributed by atoms with Crippen LogP contribution in [-0.2, 0) is 15.6 Å². The first-order valence-corrected chi connectivity index (χ1v) is 19.0. The van der Waals surface area contributed by atoms with Gasteiger partial charge in [-0.05, 0) is 81.2 Å². The number of unbranched alkanes of at least 4 members (excludes halogenated alkanes) is 4. The van der Waals surface area contributed by atoms with E-state index in [0.29, 0.717) is 0 Å². The van der Waals surface area contributed by atoms with E-state index in [-0.39, 0.29) is 29.7 Å². The lowest BCUT2D eigenvalue weighted by molar-refractivity contribution is -0.437. The fourth-order valence-corrected chi connectivity index (χ4v) is 8.20. The summed E-state index contributed by atoms with van der Waals surface area (Å²) in [5.74, 6) is -0.690. The Morgan fingerprint density at radius 2 is 1.56 bits per heavy atom. The lowest BCUT2D eigenvalue weighted by atomic mass is 9.81. The van der Waals surface area contributed by atoms with Crippen molar-refractivity contribution in [3.63, 3.8) is 0 Å². The molecule has 2 aromatic carbocycles. The molecule has 0 unspecified atom stereocenters. The number of halogens is 1. The molecule has 3 aliphatic rings. The van der Waals surface area contributed by atoms with Gasteiger partial charge in [0, 0.05) is 66.1 Å². The van der Waals surface area contributed by atoms with Gasteiger partial charge in [0.25, 0.3) is 0 Å². The van der Waals surface area contributed by atoms with Crippen LogP contribution in [0.5, 0.6) is 0 Å². The molecular weight excluding hydrogens is 638 g/mol. The molecule has 0 spiro atoms. The molecule has 2 N–H and O–H groups in total. The molecule has 270 valence electrons. The highest BCUT2D eigenvalue weighted by Crippen LogP contribution is 2.48. The molecule has 50 heavy (non-hydrogen) atoms. The molecule has 0 atom stereocenters. The standard InChI is InChI=1S/C44H59N3O2.ClH/c1-7-31-46-37-23-15-13-21-35(37)43(3,4)39(46)28-26-33-19-18-20-34(42(33)45-30-17-11-9-10-12-25-41(48)49)27-29-40-44(5,6)36-22-14-16-24-38(36)47(40)32-8-2;/h13-16,21-24,26-29H,7-12,17-20,25,30-32H2,1-6H3,(H,48,49);1H/b33-26+,39-28-;. The number of rotatable bonds is 16. The molecule has 2 aromatic rings. The van der Waals surface area contributed by atoms with Gasteiger partial charge in [0.2, 0.25) is 5.69 Å². The van der Waals surface area contributed by atoms with Gasteiger partial charge in [0.15, 0.2) is 5.71 Å². The third-order valence-electron chi connectivity index (χ3n) is 10.8. The third kappa shape index (κ3) is 8.48. The van der Waals surface area contributed by atoms with E-state index >= 15 is 0 Å². The van der Waals surface area contributed by atoms with E-state index in [1.165, 1.54) is 50.8 Å². The van der Waals surface area contributed by atoms with Crippen molar-refractivity contribution >= 4 is 23.1 Å². The van der Waals surface area contributed by atoms with E-state index in [0.717, 1.165) is 83.8 Å². The van der Waals surface area contributed by atoms with Crippen LogP contribution in [0, 0.1) is 0 Å². The number of hydrogen-bond donors (Lipinski definition) is 2. The summed E-state index contributed by atoms with van der Waals surface area (Å²) in [4.78, 5) is 13.4. The number of nitrogens with one attached hydrogen (secondary N) is 1. The van der Waals surface area contributed by atoms with E-state index in [4.69, 9.17) is 5.11 Å². The lowest BCUT2D eigenvalue weighted by Gasteiger charge is -2.27. The summed E-state index contributed by atoms with van der Waals surface area (Å²) in [5.41, 5.74) is 12.2. The van der Waals surface area contributed by atoms with Gasteiger partial charge in [0.05, 0.1) is 5.41 Å². The van der Waals surface area contributed by atoms with Gasteiger partial charge in [-0.3, -0.25) is 4.79 Å². The largest absolute Gasteiger partial charge is 1.00 e. The molecule has 0 saturated heterocycles. The molecule has 0 bridgehead atoms. The number of fused-ring (bicyclic) bond motifs is 2. The summed E-state index contributed by atoms with van der Waals surface area (Å²) in [6.07, 6.45) is 20.4. The average Bonchev–Trinajstić information content (AvgIpc) is 3.43. The van der Waals surface area contributed by atoms with Gasteiger partial charge in [-0.1, -0.05) is 95.5 Å². The maximum absolute atomic E-state index is 10.9. The molecule has 0 fully saturated rings. The Morgan fingerprint density at radius 1 is 0.860 bits per heavy atom. The average molecular weight is 698 g/mol. The molecule has 2 aliphatic heterocycles. The first-order valence-electron chi connectivity index (χ1n) is 19.0. The molecule has 0 radical (unpaired) electrons. The summed E-state index contributed by atoms with van der Waals surface area (Å²) in [6.45, 7) is 17.0. The summed E-state index contributed by atoms with van der Waals surface area (Å²) in [7, 11) is 0. The number of hydrogen-bond acceptors (Lipinski definition) is 3. The number of carboxylic acid groups (broad SMARTS) is 1. The van der Waals surface area contributed by atoms with Crippen molar-refractivity contribution in [3.05, 3.63) is 107 Å². The van der Waals surface area contributed by atoms with Crippen LogP contribution in [0.3, 0.4) is 0 Å². The van der Waals surface area contributed by atoms with Crippen molar-refractivity contribution in [1.82, 2.24) is 5.32 Å². The monoisotopic (exact) mass is 697 g/mol. The minimum atomic E-state index is -0.690. The fourth-order valence-electron chi connectivity index (χ4n) is 8.20. The Kier molecular flexibility index (Phi) is 13.8. The second-order valence-electron chi connectivity index (χ2n) is 15.1. The molecule has 1 aliphatic carbocycles. The Balaban J connectivity index is 0.00000562. The zero-order valence-electron chi connectivity index (χ0n) is 31.5. The molecule has 5 nitrogen and oxygen atoms in total. The maximum atomic E-state index is 10.9. The Labute approximate surface area is 308 Å². The maximum Gasteiger partial charge on any atom is 0.303 e. The normalized spacial score (nSPS) is 19.4. The van der Waals surface area contributed by atoms with Crippen molar-refractivity contribution in [2.45, 2.75) is 123 Å². The second-order valence-corrected chi connectivity index (χ2v) is 15.1. The molecular formula is C44H60ClN3O2. The predicted molar refractivity (Wildman–Crippen MR) is 206 cm³/mol. The lowest BCUT2D eigenvalue weighted by Crippen LogP contribution is -3.00. The van der Waals surface area contributed by atoms with Gasteiger partial charge in [-0.25, -0.2) is 0 Å². The first-order chi connectivity index (χ1) is 23.6. The quantitative estimate of drug-likeness (QED) is 0.141. The van der Waals surface area contributed by atoms with Gasteiger partial charge in [-0.2, -0.15) is 4.58 Å². The van der Waals surface area contributed by atoms with Crippen LogP contribution in [0.25, 0.3) is 0 Å². The highest BCUT2D eigenvalue weighted by atomic mass is 35.5. The Hall–Kier alpha value is -3.57. The van der Waals surface area contributed by atoms with Crippen LogP contribution >= 0.6 is 0 Å².